The van der Waals surface area contributed by atoms with Gasteiger partial charge < -0.3 is 11.1 Å². The van der Waals surface area contributed by atoms with Gasteiger partial charge in [0.05, 0.1) is 5.92 Å². The minimum atomic E-state index is -0.390. The van der Waals surface area contributed by atoms with Crippen molar-refractivity contribution in [3.63, 3.8) is 0 Å². The molecule has 2 aliphatic rings. The molecule has 1 saturated carbocycles. The lowest BCUT2D eigenvalue weighted by atomic mass is 9.74. The second kappa shape index (κ2) is 8.11. The molecule has 1 saturated heterocycles. The van der Waals surface area contributed by atoms with Gasteiger partial charge >= 0.3 is 0 Å². The Kier molecular flexibility index (Phi) is 6.08. The molecule has 4 nitrogen and oxygen atoms in total. The maximum atomic E-state index is 12.8. The molecule has 1 aliphatic heterocycles. The summed E-state index contributed by atoms with van der Waals surface area (Å²) >= 11 is 2.03. The molecule has 1 heterocycles. The number of nitrogens with two attached hydrogens (primary N) is 1. The van der Waals surface area contributed by atoms with Gasteiger partial charge in [-0.2, -0.15) is 11.8 Å². The largest absolute Gasteiger partial charge is 0.326 e. The number of anilines is 1. The lowest BCUT2D eigenvalue weighted by molar-refractivity contribution is -0.122. The number of benzene rings is 1. The van der Waals surface area contributed by atoms with E-state index in [1.54, 1.807) is 0 Å². The van der Waals surface area contributed by atoms with Gasteiger partial charge in [0.15, 0.2) is 0 Å². The fourth-order valence-electron chi connectivity index (χ4n) is 4.00. The number of carbonyl (C=O) groups excluding carboxylic acids is 1. The highest BCUT2D eigenvalue weighted by atomic mass is 32.2. The van der Waals surface area contributed by atoms with E-state index in [4.69, 9.17) is 5.73 Å². The van der Waals surface area contributed by atoms with Crippen LogP contribution in [0.2, 0.25) is 0 Å². The molecule has 0 radical (unpaired) electrons. The van der Waals surface area contributed by atoms with Gasteiger partial charge in [-0.3, -0.25) is 9.69 Å². The number of rotatable bonds is 4. The Hall–Kier alpha value is -1.04. The van der Waals surface area contributed by atoms with Crippen LogP contribution in [0.25, 0.3) is 0 Å². The van der Waals surface area contributed by atoms with Crippen LogP contribution >= 0.6 is 11.8 Å². The van der Waals surface area contributed by atoms with E-state index in [1.165, 1.54) is 22.6 Å². The number of nitrogens with zero attached hydrogens (tertiary/aromatic N) is 1. The SMILES string of the molecule is Cc1c(CN2CCSCC2)cccc1NC(=O)C1CCCCC1(C)N. The maximum Gasteiger partial charge on any atom is 0.229 e. The Morgan fingerprint density at radius 2 is 2.12 bits per heavy atom. The second-order valence-corrected chi connectivity index (χ2v) is 9.00. The van der Waals surface area contributed by atoms with Crippen molar-refractivity contribution in [1.82, 2.24) is 4.90 Å². The molecule has 5 heteroatoms. The van der Waals surface area contributed by atoms with Crippen molar-refractivity contribution in [3.8, 4) is 0 Å². The number of nitrogens with one attached hydrogen (secondary N) is 1. The molecule has 1 aromatic carbocycles. The third-order valence-electron chi connectivity index (χ3n) is 5.77. The zero-order chi connectivity index (χ0) is 17.9. The van der Waals surface area contributed by atoms with Crippen LogP contribution in [0.5, 0.6) is 0 Å². The summed E-state index contributed by atoms with van der Waals surface area (Å²) < 4.78 is 0. The van der Waals surface area contributed by atoms with Crippen molar-refractivity contribution in [3.05, 3.63) is 29.3 Å². The molecule has 1 aliphatic carbocycles. The molecule has 2 fully saturated rings. The molecule has 0 spiro atoms. The fraction of sp³-hybridized carbons (Fsp3) is 0.650. The Labute approximate surface area is 155 Å². The van der Waals surface area contributed by atoms with E-state index in [0.717, 1.165) is 51.0 Å². The van der Waals surface area contributed by atoms with Crippen LogP contribution in [0.1, 0.15) is 43.7 Å². The molecule has 0 aromatic heterocycles. The summed E-state index contributed by atoms with van der Waals surface area (Å²) in [7, 11) is 0. The molecular formula is C20H31N3OS. The van der Waals surface area contributed by atoms with Crippen molar-refractivity contribution >= 4 is 23.4 Å². The van der Waals surface area contributed by atoms with E-state index >= 15 is 0 Å². The predicted octanol–water partition coefficient (Wildman–Crippen LogP) is 3.39. The first-order valence-corrected chi connectivity index (χ1v) is 10.6. The highest BCUT2D eigenvalue weighted by molar-refractivity contribution is 7.99. The minimum absolute atomic E-state index is 0.0827. The average Bonchev–Trinajstić information content (AvgIpc) is 2.59. The molecule has 3 N–H and O–H groups in total. The van der Waals surface area contributed by atoms with E-state index in [1.807, 2.05) is 24.8 Å². The second-order valence-electron chi connectivity index (χ2n) is 7.77. The van der Waals surface area contributed by atoms with Crippen LogP contribution in [0, 0.1) is 12.8 Å². The van der Waals surface area contributed by atoms with E-state index in [0.29, 0.717) is 0 Å². The van der Waals surface area contributed by atoms with Crippen molar-refractivity contribution in [1.29, 1.82) is 0 Å². The molecule has 25 heavy (non-hydrogen) atoms. The molecule has 0 bridgehead atoms. The van der Waals surface area contributed by atoms with Crippen molar-refractivity contribution in [2.45, 2.75) is 51.6 Å². The van der Waals surface area contributed by atoms with E-state index in [-0.39, 0.29) is 17.4 Å². The number of thioether (sulfide) groups is 1. The molecule has 1 amide bonds. The van der Waals surface area contributed by atoms with Gasteiger partial charge in [-0.05, 0) is 43.9 Å². The molecule has 1 aromatic rings. The fourth-order valence-corrected chi connectivity index (χ4v) is 4.98. The standard InChI is InChI=1S/C20H31N3OS/c1-15-16(14-23-10-12-25-13-11-23)6-5-8-18(15)22-19(24)17-7-3-4-9-20(17,2)21/h5-6,8,17H,3-4,7,9-14,21H2,1-2H3,(H,22,24). The Morgan fingerprint density at radius 1 is 1.36 bits per heavy atom. The lowest BCUT2D eigenvalue weighted by Gasteiger charge is -2.37. The van der Waals surface area contributed by atoms with E-state index in [9.17, 15) is 4.79 Å². The summed E-state index contributed by atoms with van der Waals surface area (Å²) in [4.78, 5) is 15.3. The summed E-state index contributed by atoms with van der Waals surface area (Å²) in [5, 5.41) is 3.17. The third kappa shape index (κ3) is 4.57. The van der Waals surface area contributed by atoms with Crippen molar-refractivity contribution < 1.29 is 4.79 Å². The Morgan fingerprint density at radius 3 is 2.84 bits per heavy atom. The van der Waals surface area contributed by atoms with Crippen LogP contribution < -0.4 is 11.1 Å². The first-order chi connectivity index (χ1) is 12.0. The van der Waals surface area contributed by atoms with Gasteiger partial charge in [0.2, 0.25) is 5.91 Å². The van der Waals surface area contributed by atoms with Gasteiger partial charge in [-0.15, -0.1) is 0 Å². The Balaban J connectivity index is 1.69. The average molecular weight is 362 g/mol. The predicted molar refractivity (Wildman–Crippen MR) is 107 cm³/mol. The number of carbonyl (C=O) groups is 1. The van der Waals surface area contributed by atoms with Crippen molar-refractivity contribution in [2.75, 3.05) is 29.9 Å². The molecule has 138 valence electrons. The summed E-state index contributed by atoms with van der Waals surface area (Å²) in [6.07, 6.45) is 4.04. The third-order valence-corrected chi connectivity index (χ3v) is 6.71. The molecule has 3 rings (SSSR count). The molecule has 2 atom stereocenters. The topological polar surface area (TPSA) is 58.4 Å². The van der Waals surface area contributed by atoms with Crippen LogP contribution in [-0.2, 0) is 11.3 Å². The maximum absolute atomic E-state index is 12.8. The lowest BCUT2D eigenvalue weighted by Crippen LogP contribution is -2.51. The van der Waals surface area contributed by atoms with Crippen LogP contribution in [0.4, 0.5) is 5.69 Å². The highest BCUT2D eigenvalue weighted by Gasteiger charge is 2.37. The Bertz CT molecular complexity index is 611. The van der Waals surface area contributed by atoms with E-state index in [2.05, 4.69) is 29.3 Å². The summed E-state index contributed by atoms with van der Waals surface area (Å²) in [6, 6.07) is 6.25. The number of amides is 1. The summed E-state index contributed by atoms with van der Waals surface area (Å²) in [5.41, 5.74) is 9.44. The quantitative estimate of drug-likeness (QED) is 0.863. The number of hydrogen-bond donors (Lipinski definition) is 2. The van der Waals surface area contributed by atoms with E-state index < -0.39 is 0 Å². The first kappa shape index (κ1) is 18.7. The van der Waals surface area contributed by atoms with Gasteiger partial charge in [-0.25, -0.2) is 0 Å². The van der Waals surface area contributed by atoms with Crippen LogP contribution in [0.3, 0.4) is 0 Å². The zero-order valence-electron chi connectivity index (χ0n) is 15.5. The van der Waals surface area contributed by atoms with Gasteiger partial charge in [-0.1, -0.05) is 25.0 Å². The first-order valence-electron chi connectivity index (χ1n) is 9.46. The minimum Gasteiger partial charge on any atom is -0.326 e. The van der Waals surface area contributed by atoms with Crippen molar-refractivity contribution in [2.24, 2.45) is 11.7 Å². The highest BCUT2D eigenvalue weighted by Crippen LogP contribution is 2.33. The molecular weight excluding hydrogens is 330 g/mol. The zero-order valence-corrected chi connectivity index (χ0v) is 16.3. The monoisotopic (exact) mass is 361 g/mol. The summed E-state index contributed by atoms with van der Waals surface area (Å²) in [6.45, 7) is 7.40. The molecule has 2 unspecified atom stereocenters. The normalized spacial score (nSPS) is 27.9. The van der Waals surface area contributed by atoms with Gasteiger partial charge in [0.25, 0.3) is 0 Å². The van der Waals surface area contributed by atoms with Crippen LogP contribution in [-0.4, -0.2) is 40.9 Å². The smallest absolute Gasteiger partial charge is 0.229 e. The van der Waals surface area contributed by atoms with Gasteiger partial charge in [0.1, 0.15) is 0 Å². The van der Waals surface area contributed by atoms with Gasteiger partial charge in [0, 0.05) is 42.4 Å². The number of hydrogen-bond acceptors (Lipinski definition) is 4. The van der Waals surface area contributed by atoms with Crippen LogP contribution in [0.15, 0.2) is 18.2 Å². The summed E-state index contributed by atoms with van der Waals surface area (Å²) in [5.74, 6) is 2.42.